The zero-order valence-corrected chi connectivity index (χ0v) is 12.8. The van der Waals surface area contributed by atoms with E-state index in [1.165, 1.54) is 6.26 Å². The van der Waals surface area contributed by atoms with Gasteiger partial charge in [0.25, 0.3) is 5.91 Å². The Balaban J connectivity index is 1.66. The van der Waals surface area contributed by atoms with Crippen molar-refractivity contribution in [2.24, 2.45) is 0 Å². The van der Waals surface area contributed by atoms with Gasteiger partial charge in [-0.05, 0) is 18.2 Å². The highest BCUT2D eigenvalue weighted by Crippen LogP contribution is 2.15. The summed E-state index contributed by atoms with van der Waals surface area (Å²) in [6.45, 7) is 2.54. The van der Waals surface area contributed by atoms with E-state index < -0.39 is 6.10 Å². The van der Waals surface area contributed by atoms with E-state index in [4.69, 9.17) is 10.2 Å². The van der Waals surface area contributed by atoms with E-state index in [0.29, 0.717) is 44.3 Å². The lowest BCUT2D eigenvalue weighted by atomic mass is 10.2. The standard InChI is InChI=1S/C16H20N4O3/c17-15-12(3-1-5-18-15)9-19-6-7-20(11-13(21)10-19)16(22)14-4-2-8-23-14/h1-5,8,13,21H,6-7,9-11H2,(H2,17,18)/t13-/m1/s1. The van der Waals surface area contributed by atoms with E-state index in [-0.39, 0.29) is 5.91 Å². The summed E-state index contributed by atoms with van der Waals surface area (Å²) in [5.74, 6) is 0.591. The van der Waals surface area contributed by atoms with Crippen LogP contribution in [0.1, 0.15) is 16.1 Å². The van der Waals surface area contributed by atoms with Crippen molar-refractivity contribution in [2.45, 2.75) is 12.6 Å². The van der Waals surface area contributed by atoms with Crippen LogP contribution in [0.15, 0.2) is 41.1 Å². The Morgan fingerprint density at radius 3 is 2.96 bits per heavy atom. The molecular weight excluding hydrogens is 296 g/mol. The van der Waals surface area contributed by atoms with E-state index in [2.05, 4.69) is 9.88 Å². The second-order valence-electron chi connectivity index (χ2n) is 5.67. The molecule has 7 heteroatoms. The molecule has 1 atom stereocenters. The van der Waals surface area contributed by atoms with Gasteiger partial charge in [0.2, 0.25) is 0 Å². The van der Waals surface area contributed by atoms with Crippen molar-refractivity contribution in [3.63, 3.8) is 0 Å². The van der Waals surface area contributed by atoms with Crippen LogP contribution in [-0.4, -0.2) is 58.1 Å². The molecule has 0 radical (unpaired) electrons. The van der Waals surface area contributed by atoms with Gasteiger partial charge in [-0.1, -0.05) is 6.07 Å². The fourth-order valence-corrected chi connectivity index (χ4v) is 2.76. The summed E-state index contributed by atoms with van der Waals surface area (Å²) in [4.78, 5) is 20.1. The fourth-order valence-electron chi connectivity index (χ4n) is 2.76. The number of furan rings is 1. The lowest BCUT2D eigenvalue weighted by molar-refractivity contribution is 0.0634. The van der Waals surface area contributed by atoms with Crippen molar-refractivity contribution < 1.29 is 14.3 Å². The zero-order valence-electron chi connectivity index (χ0n) is 12.8. The molecule has 0 bridgehead atoms. The van der Waals surface area contributed by atoms with E-state index in [0.717, 1.165) is 5.56 Å². The minimum atomic E-state index is -0.616. The number of amides is 1. The Morgan fingerprint density at radius 1 is 1.35 bits per heavy atom. The van der Waals surface area contributed by atoms with Crippen molar-refractivity contribution in [2.75, 3.05) is 31.9 Å². The largest absolute Gasteiger partial charge is 0.459 e. The monoisotopic (exact) mass is 316 g/mol. The Hall–Kier alpha value is -2.38. The summed E-state index contributed by atoms with van der Waals surface area (Å²) in [5.41, 5.74) is 6.80. The first kappa shape index (κ1) is 15.5. The number of carbonyl (C=O) groups is 1. The third kappa shape index (κ3) is 3.69. The van der Waals surface area contributed by atoms with Crippen LogP contribution in [-0.2, 0) is 6.54 Å². The Kier molecular flexibility index (Phi) is 4.59. The first-order valence-electron chi connectivity index (χ1n) is 7.56. The number of hydrogen-bond donors (Lipinski definition) is 2. The van der Waals surface area contributed by atoms with Crippen LogP contribution in [0, 0.1) is 0 Å². The number of aliphatic hydroxyl groups excluding tert-OH is 1. The van der Waals surface area contributed by atoms with Crippen LogP contribution in [0.5, 0.6) is 0 Å². The predicted molar refractivity (Wildman–Crippen MR) is 84.5 cm³/mol. The number of pyridine rings is 1. The molecule has 3 heterocycles. The molecule has 1 saturated heterocycles. The van der Waals surface area contributed by atoms with Crippen molar-refractivity contribution in [1.82, 2.24) is 14.8 Å². The lowest BCUT2D eigenvalue weighted by Gasteiger charge is -2.21. The van der Waals surface area contributed by atoms with Crippen LogP contribution in [0.2, 0.25) is 0 Å². The van der Waals surface area contributed by atoms with Crippen LogP contribution < -0.4 is 5.73 Å². The van der Waals surface area contributed by atoms with Gasteiger partial charge in [0, 0.05) is 44.5 Å². The molecule has 1 fully saturated rings. The molecular formula is C16H20N4O3. The van der Waals surface area contributed by atoms with Crippen LogP contribution in [0.4, 0.5) is 5.82 Å². The summed E-state index contributed by atoms with van der Waals surface area (Å²) >= 11 is 0. The number of aromatic nitrogens is 1. The number of nitrogen functional groups attached to an aromatic ring is 1. The summed E-state index contributed by atoms with van der Waals surface area (Å²) in [5, 5.41) is 10.2. The molecule has 3 rings (SSSR count). The molecule has 1 aliphatic heterocycles. The maximum Gasteiger partial charge on any atom is 0.289 e. The molecule has 0 spiro atoms. The zero-order chi connectivity index (χ0) is 16.2. The predicted octanol–water partition coefficient (Wildman–Crippen LogP) is 0.576. The lowest BCUT2D eigenvalue weighted by Crippen LogP contribution is -2.37. The minimum absolute atomic E-state index is 0.197. The quantitative estimate of drug-likeness (QED) is 0.860. The third-order valence-electron chi connectivity index (χ3n) is 3.93. The number of anilines is 1. The van der Waals surface area contributed by atoms with Crippen LogP contribution in [0.3, 0.4) is 0 Å². The molecule has 3 N–H and O–H groups in total. The molecule has 0 aromatic carbocycles. The highest BCUT2D eigenvalue weighted by Gasteiger charge is 2.26. The third-order valence-corrected chi connectivity index (χ3v) is 3.93. The Labute approximate surface area is 134 Å². The molecule has 0 aliphatic carbocycles. The van der Waals surface area contributed by atoms with E-state index in [1.807, 2.05) is 12.1 Å². The van der Waals surface area contributed by atoms with E-state index >= 15 is 0 Å². The molecule has 23 heavy (non-hydrogen) atoms. The van der Waals surface area contributed by atoms with Gasteiger partial charge in [0.15, 0.2) is 5.76 Å². The SMILES string of the molecule is Nc1ncccc1CN1CCN(C(=O)c2ccco2)C[C@H](O)C1. The maximum absolute atomic E-state index is 12.4. The average molecular weight is 316 g/mol. The Morgan fingerprint density at radius 2 is 2.22 bits per heavy atom. The topological polar surface area (TPSA) is 95.8 Å². The summed E-state index contributed by atoms with van der Waals surface area (Å²) in [6, 6.07) is 7.07. The fraction of sp³-hybridized carbons (Fsp3) is 0.375. The summed E-state index contributed by atoms with van der Waals surface area (Å²) in [6.07, 6.45) is 2.51. The second-order valence-corrected chi connectivity index (χ2v) is 5.67. The highest BCUT2D eigenvalue weighted by molar-refractivity contribution is 5.91. The number of aliphatic hydroxyl groups is 1. The molecule has 7 nitrogen and oxygen atoms in total. The van der Waals surface area contributed by atoms with Gasteiger partial charge in [-0.3, -0.25) is 9.69 Å². The van der Waals surface area contributed by atoms with Gasteiger partial charge in [-0.25, -0.2) is 4.98 Å². The molecule has 0 saturated carbocycles. The van der Waals surface area contributed by atoms with Gasteiger partial charge in [-0.15, -0.1) is 0 Å². The van der Waals surface area contributed by atoms with Crippen LogP contribution in [0.25, 0.3) is 0 Å². The number of nitrogens with two attached hydrogens (primary N) is 1. The molecule has 122 valence electrons. The van der Waals surface area contributed by atoms with E-state index in [9.17, 15) is 9.90 Å². The van der Waals surface area contributed by atoms with Gasteiger partial charge >= 0.3 is 0 Å². The number of carbonyl (C=O) groups excluding carboxylic acids is 1. The van der Waals surface area contributed by atoms with Crippen LogP contribution >= 0.6 is 0 Å². The first-order chi connectivity index (χ1) is 11.1. The smallest absolute Gasteiger partial charge is 0.289 e. The van der Waals surface area contributed by atoms with Gasteiger partial charge in [0.1, 0.15) is 5.82 Å². The van der Waals surface area contributed by atoms with Gasteiger partial charge in [-0.2, -0.15) is 0 Å². The van der Waals surface area contributed by atoms with Crippen molar-refractivity contribution in [1.29, 1.82) is 0 Å². The van der Waals surface area contributed by atoms with E-state index in [1.54, 1.807) is 23.2 Å². The van der Waals surface area contributed by atoms with Crippen molar-refractivity contribution in [3.05, 3.63) is 48.0 Å². The molecule has 1 aliphatic rings. The second kappa shape index (κ2) is 6.80. The van der Waals surface area contributed by atoms with Gasteiger partial charge in [0.05, 0.1) is 12.4 Å². The maximum atomic E-state index is 12.4. The molecule has 1 amide bonds. The summed E-state index contributed by atoms with van der Waals surface area (Å²) in [7, 11) is 0. The molecule has 2 aromatic heterocycles. The summed E-state index contributed by atoms with van der Waals surface area (Å²) < 4.78 is 5.15. The average Bonchev–Trinajstić information content (AvgIpc) is 3.00. The Bertz CT molecular complexity index is 659. The minimum Gasteiger partial charge on any atom is -0.459 e. The molecule has 2 aromatic rings. The number of rotatable bonds is 3. The first-order valence-corrected chi connectivity index (χ1v) is 7.56. The van der Waals surface area contributed by atoms with Crippen molar-refractivity contribution in [3.8, 4) is 0 Å². The van der Waals surface area contributed by atoms with Crippen molar-refractivity contribution >= 4 is 11.7 Å². The molecule has 0 unspecified atom stereocenters. The number of nitrogens with zero attached hydrogens (tertiary/aromatic N) is 3. The number of hydrogen-bond acceptors (Lipinski definition) is 6. The normalized spacial score (nSPS) is 19.5. The van der Waals surface area contributed by atoms with Gasteiger partial charge < -0.3 is 20.2 Å². The highest BCUT2D eigenvalue weighted by atomic mass is 16.3. The number of β-amino-alcohol motifs (C(OH)–C–C–N with tert-alkyl or cyclic N) is 1.